The molecule has 168 valence electrons. The van der Waals surface area contributed by atoms with Gasteiger partial charge in [0.15, 0.2) is 5.82 Å². The molecule has 4 rings (SSSR count). The Morgan fingerprint density at radius 1 is 0.939 bits per heavy atom. The summed E-state index contributed by atoms with van der Waals surface area (Å²) in [4.78, 5) is 12.4. The minimum absolute atomic E-state index is 0.105. The topological polar surface area (TPSA) is 85.8 Å². The average Bonchev–Trinajstić information content (AvgIpc) is 3.22. The number of nitrogens with one attached hydrogen (secondary N) is 1. The van der Waals surface area contributed by atoms with Crippen LogP contribution in [0.25, 0.3) is 11.4 Å². The first-order valence-corrected chi connectivity index (χ1v) is 11.6. The SMILES string of the molecule is Nn1c(SCC(=O)NCCC(c2ccccc2)c2ccccc2)nnc1-c1ccc(F)cc1. The Hall–Kier alpha value is -3.65. The predicted molar refractivity (Wildman–Crippen MR) is 129 cm³/mol. The smallest absolute Gasteiger partial charge is 0.230 e. The molecule has 0 atom stereocenters. The quantitative estimate of drug-likeness (QED) is 0.288. The van der Waals surface area contributed by atoms with Crippen LogP contribution >= 0.6 is 11.8 Å². The number of aromatic nitrogens is 3. The lowest BCUT2D eigenvalue weighted by molar-refractivity contribution is -0.118. The summed E-state index contributed by atoms with van der Waals surface area (Å²) in [6.07, 6.45) is 0.784. The van der Waals surface area contributed by atoms with Gasteiger partial charge < -0.3 is 11.2 Å². The number of carbonyl (C=O) groups excluding carboxylic acids is 1. The zero-order valence-electron chi connectivity index (χ0n) is 17.9. The van der Waals surface area contributed by atoms with E-state index in [2.05, 4.69) is 39.8 Å². The maximum absolute atomic E-state index is 13.1. The third kappa shape index (κ3) is 5.78. The molecule has 0 saturated heterocycles. The van der Waals surface area contributed by atoms with Crippen molar-refractivity contribution in [3.05, 3.63) is 102 Å². The number of amides is 1. The molecule has 33 heavy (non-hydrogen) atoms. The molecule has 1 amide bonds. The highest BCUT2D eigenvalue weighted by atomic mass is 32.2. The second kappa shape index (κ2) is 10.8. The number of halogens is 1. The highest BCUT2D eigenvalue weighted by molar-refractivity contribution is 7.99. The first kappa shape index (κ1) is 22.5. The summed E-state index contributed by atoms with van der Waals surface area (Å²) in [5.74, 6) is 6.41. The summed E-state index contributed by atoms with van der Waals surface area (Å²) in [6, 6.07) is 26.4. The van der Waals surface area contributed by atoms with Crippen molar-refractivity contribution >= 4 is 17.7 Å². The fourth-order valence-electron chi connectivity index (χ4n) is 3.60. The van der Waals surface area contributed by atoms with Gasteiger partial charge in [-0.3, -0.25) is 4.79 Å². The predicted octanol–water partition coefficient (Wildman–Crippen LogP) is 4.23. The van der Waals surface area contributed by atoms with Crippen LogP contribution < -0.4 is 11.2 Å². The minimum Gasteiger partial charge on any atom is -0.355 e. The van der Waals surface area contributed by atoms with Gasteiger partial charge in [0.2, 0.25) is 11.1 Å². The van der Waals surface area contributed by atoms with E-state index in [1.54, 1.807) is 12.1 Å². The first-order chi connectivity index (χ1) is 16.1. The standard InChI is InChI=1S/C25H24FN5OS/c26-21-13-11-20(12-14-21)24-29-30-25(31(24)27)33-17-23(32)28-16-15-22(18-7-3-1-4-8-18)19-9-5-2-6-10-19/h1-14,22H,15-17,27H2,(H,28,32). The summed E-state index contributed by atoms with van der Waals surface area (Å²) in [6.45, 7) is 0.546. The number of carbonyl (C=O) groups is 1. The molecule has 0 fully saturated rings. The number of nitrogen functional groups attached to an aromatic ring is 1. The van der Waals surface area contributed by atoms with Gasteiger partial charge in [-0.15, -0.1) is 10.2 Å². The highest BCUT2D eigenvalue weighted by Gasteiger charge is 2.16. The van der Waals surface area contributed by atoms with Crippen molar-refractivity contribution in [2.75, 3.05) is 18.1 Å². The van der Waals surface area contributed by atoms with Crippen molar-refractivity contribution < 1.29 is 9.18 Å². The zero-order chi connectivity index (χ0) is 23.0. The molecule has 6 nitrogen and oxygen atoms in total. The molecule has 8 heteroatoms. The Morgan fingerprint density at radius 2 is 1.55 bits per heavy atom. The average molecular weight is 462 g/mol. The van der Waals surface area contributed by atoms with Gasteiger partial charge in [0.1, 0.15) is 5.82 Å². The van der Waals surface area contributed by atoms with Crippen molar-refractivity contribution in [2.24, 2.45) is 0 Å². The molecule has 0 unspecified atom stereocenters. The molecule has 3 aromatic carbocycles. The Kier molecular flexibility index (Phi) is 7.36. The van der Waals surface area contributed by atoms with Crippen molar-refractivity contribution in [1.82, 2.24) is 20.2 Å². The Balaban J connectivity index is 1.32. The number of thioether (sulfide) groups is 1. The molecule has 1 heterocycles. The molecule has 0 bridgehead atoms. The molecule has 0 saturated carbocycles. The fraction of sp³-hybridized carbons (Fsp3) is 0.160. The molecule has 3 N–H and O–H groups in total. The second-order valence-electron chi connectivity index (χ2n) is 7.48. The van der Waals surface area contributed by atoms with Gasteiger partial charge in [0.25, 0.3) is 0 Å². The monoisotopic (exact) mass is 461 g/mol. The number of benzene rings is 3. The normalized spacial score (nSPS) is 11.0. The lowest BCUT2D eigenvalue weighted by Gasteiger charge is -2.18. The van der Waals surface area contributed by atoms with E-state index in [-0.39, 0.29) is 23.4 Å². The van der Waals surface area contributed by atoms with E-state index in [1.165, 1.54) is 39.7 Å². The summed E-state index contributed by atoms with van der Waals surface area (Å²) < 4.78 is 14.5. The zero-order valence-corrected chi connectivity index (χ0v) is 18.7. The largest absolute Gasteiger partial charge is 0.355 e. The van der Waals surface area contributed by atoms with Crippen LogP contribution in [-0.2, 0) is 4.79 Å². The third-order valence-corrected chi connectivity index (χ3v) is 6.20. The van der Waals surface area contributed by atoms with Crippen molar-refractivity contribution in [2.45, 2.75) is 17.5 Å². The summed E-state index contributed by atoms with van der Waals surface area (Å²) >= 11 is 1.20. The van der Waals surface area contributed by atoms with Gasteiger partial charge >= 0.3 is 0 Å². The molecule has 0 aliphatic carbocycles. The van der Waals surface area contributed by atoms with Crippen molar-refractivity contribution in [1.29, 1.82) is 0 Å². The van der Waals surface area contributed by atoms with Crippen LogP contribution in [0.15, 0.2) is 90.1 Å². The fourth-order valence-corrected chi connectivity index (χ4v) is 4.29. The highest BCUT2D eigenvalue weighted by Crippen LogP contribution is 2.27. The van der Waals surface area contributed by atoms with Crippen LogP contribution in [0.1, 0.15) is 23.5 Å². The Labute approximate surface area is 196 Å². The second-order valence-corrected chi connectivity index (χ2v) is 8.43. The van der Waals surface area contributed by atoms with E-state index in [0.29, 0.717) is 23.1 Å². The maximum atomic E-state index is 13.1. The van der Waals surface area contributed by atoms with Crippen LogP contribution in [0.3, 0.4) is 0 Å². The van der Waals surface area contributed by atoms with Gasteiger partial charge in [0, 0.05) is 18.0 Å². The molecular formula is C25H24FN5OS. The van der Waals surface area contributed by atoms with Gasteiger partial charge in [-0.1, -0.05) is 72.4 Å². The van der Waals surface area contributed by atoms with E-state index >= 15 is 0 Å². The summed E-state index contributed by atoms with van der Waals surface area (Å²) in [7, 11) is 0. The van der Waals surface area contributed by atoms with Gasteiger partial charge in [-0.25, -0.2) is 9.07 Å². The van der Waals surface area contributed by atoms with Crippen LogP contribution in [0, 0.1) is 5.82 Å². The maximum Gasteiger partial charge on any atom is 0.230 e. The van der Waals surface area contributed by atoms with E-state index < -0.39 is 0 Å². The lowest BCUT2D eigenvalue weighted by Crippen LogP contribution is -2.27. The van der Waals surface area contributed by atoms with Crippen LogP contribution in [-0.4, -0.2) is 33.1 Å². The van der Waals surface area contributed by atoms with Crippen molar-refractivity contribution in [3.63, 3.8) is 0 Å². The molecule has 0 radical (unpaired) electrons. The Bertz CT molecular complexity index is 1140. The van der Waals surface area contributed by atoms with Crippen molar-refractivity contribution in [3.8, 4) is 11.4 Å². The molecule has 0 aliphatic heterocycles. The van der Waals surface area contributed by atoms with E-state index in [9.17, 15) is 9.18 Å². The number of nitrogens with two attached hydrogens (primary N) is 1. The molecule has 1 aromatic heterocycles. The number of nitrogens with zero attached hydrogens (tertiary/aromatic N) is 3. The van der Waals surface area contributed by atoms with Gasteiger partial charge in [0.05, 0.1) is 5.75 Å². The molecule has 0 aliphatic rings. The van der Waals surface area contributed by atoms with Crippen LogP contribution in [0.5, 0.6) is 0 Å². The molecule has 0 spiro atoms. The number of hydrogen-bond donors (Lipinski definition) is 2. The minimum atomic E-state index is -0.338. The van der Waals surface area contributed by atoms with E-state index in [1.807, 2.05) is 36.4 Å². The van der Waals surface area contributed by atoms with Gasteiger partial charge in [-0.05, 0) is 41.8 Å². The van der Waals surface area contributed by atoms with Crippen LogP contribution in [0.4, 0.5) is 4.39 Å². The lowest BCUT2D eigenvalue weighted by atomic mass is 9.88. The summed E-state index contributed by atoms with van der Waals surface area (Å²) in [5, 5.41) is 11.5. The van der Waals surface area contributed by atoms with E-state index in [4.69, 9.17) is 5.84 Å². The first-order valence-electron chi connectivity index (χ1n) is 10.6. The molecule has 4 aromatic rings. The summed E-state index contributed by atoms with van der Waals surface area (Å²) in [5.41, 5.74) is 3.09. The Morgan fingerprint density at radius 3 is 2.15 bits per heavy atom. The number of hydrogen-bond acceptors (Lipinski definition) is 5. The number of rotatable bonds is 9. The van der Waals surface area contributed by atoms with Crippen LogP contribution in [0.2, 0.25) is 0 Å². The van der Waals surface area contributed by atoms with E-state index in [0.717, 1.165) is 6.42 Å². The molecular weight excluding hydrogens is 437 g/mol. The third-order valence-electron chi connectivity index (χ3n) is 5.26. The van der Waals surface area contributed by atoms with Gasteiger partial charge in [-0.2, -0.15) is 0 Å².